The van der Waals surface area contributed by atoms with E-state index in [1.54, 1.807) is 16.7 Å². The van der Waals surface area contributed by atoms with Crippen molar-refractivity contribution in [2.75, 3.05) is 13.1 Å². The highest BCUT2D eigenvalue weighted by Gasteiger charge is 2.17. The largest absolute Gasteiger partial charge is 0.317 e. The number of pyridine rings is 1. The van der Waals surface area contributed by atoms with Crippen LogP contribution in [0.1, 0.15) is 24.5 Å². The lowest BCUT2D eigenvalue weighted by molar-refractivity contribution is 0.453. The predicted octanol–water partition coefficient (Wildman–Crippen LogP) is 1.16. The molecule has 0 radical (unpaired) electrons. The van der Waals surface area contributed by atoms with Gasteiger partial charge in [0, 0.05) is 18.2 Å². The molecule has 2 aromatic heterocycles. The van der Waals surface area contributed by atoms with Gasteiger partial charge >= 0.3 is 0 Å². The maximum atomic E-state index is 11.9. The van der Waals surface area contributed by atoms with Crippen molar-refractivity contribution >= 4 is 5.65 Å². The van der Waals surface area contributed by atoms with Crippen molar-refractivity contribution in [1.29, 1.82) is 0 Å². The van der Waals surface area contributed by atoms with Gasteiger partial charge in [-0.1, -0.05) is 6.07 Å². The zero-order valence-corrected chi connectivity index (χ0v) is 9.60. The molecule has 4 nitrogen and oxygen atoms in total. The number of nitrogens with zero attached hydrogens (tertiary/aromatic N) is 2. The van der Waals surface area contributed by atoms with Crippen molar-refractivity contribution in [2.45, 2.75) is 18.8 Å². The Balaban J connectivity index is 2.08. The van der Waals surface area contributed by atoms with Gasteiger partial charge in [0.1, 0.15) is 5.65 Å². The van der Waals surface area contributed by atoms with Crippen LogP contribution < -0.4 is 10.9 Å². The van der Waals surface area contributed by atoms with E-state index in [1.165, 1.54) is 0 Å². The molecule has 1 fully saturated rings. The second-order valence-electron chi connectivity index (χ2n) is 4.47. The first kappa shape index (κ1) is 10.5. The van der Waals surface area contributed by atoms with Gasteiger partial charge in [-0.15, -0.1) is 0 Å². The second kappa shape index (κ2) is 4.30. The summed E-state index contributed by atoms with van der Waals surface area (Å²) in [6.45, 7) is 2.03. The summed E-state index contributed by atoms with van der Waals surface area (Å²) in [5.41, 5.74) is 1.71. The van der Waals surface area contributed by atoms with Gasteiger partial charge in [0.2, 0.25) is 0 Å². The van der Waals surface area contributed by atoms with Gasteiger partial charge in [0.25, 0.3) is 5.56 Å². The van der Waals surface area contributed by atoms with Gasteiger partial charge in [0.15, 0.2) is 0 Å². The Morgan fingerprint density at radius 3 is 2.94 bits per heavy atom. The first-order valence-corrected chi connectivity index (χ1v) is 6.04. The van der Waals surface area contributed by atoms with Crippen molar-refractivity contribution in [3.63, 3.8) is 0 Å². The average molecular weight is 229 g/mol. The SMILES string of the molecule is O=c1cc(C2CCNCC2)nc2ccccn12. The van der Waals surface area contributed by atoms with Crippen LogP contribution in [0, 0.1) is 0 Å². The first-order valence-electron chi connectivity index (χ1n) is 6.04. The van der Waals surface area contributed by atoms with Crippen LogP contribution >= 0.6 is 0 Å². The summed E-state index contributed by atoms with van der Waals surface area (Å²) in [4.78, 5) is 16.5. The maximum absolute atomic E-state index is 11.9. The predicted molar refractivity (Wildman–Crippen MR) is 66.3 cm³/mol. The van der Waals surface area contributed by atoms with Gasteiger partial charge in [-0.3, -0.25) is 9.20 Å². The number of aromatic nitrogens is 2. The maximum Gasteiger partial charge on any atom is 0.258 e. The molecule has 1 saturated heterocycles. The Labute approximate surface area is 99.3 Å². The number of nitrogens with one attached hydrogen (secondary N) is 1. The van der Waals surface area contributed by atoms with Gasteiger partial charge in [-0.2, -0.15) is 0 Å². The van der Waals surface area contributed by atoms with E-state index in [2.05, 4.69) is 10.3 Å². The Morgan fingerprint density at radius 1 is 1.29 bits per heavy atom. The van der Waals surface area contributed by atoms with Crippen molar-refractivity contribution in [2.24, 2.45) is 0 Å². The Hall–Kier alpha value is -1.68. The minimum absolute atomic E-state index is 0.0177. The molecule has 4 heteroatoms. The number of rotatable bonds is 1. The smallest absolute Gasteiger partial charge is 0.258 e. The van der Waals surface area contributed by atoms with E-state index in [-0.39, 0.29) is 5.56 Å². The molecule has 3 rings (SSSR count). The minimum Gasteiger partial charge on any atom is -0.317 e. The molecule has 0 bridgehead atoms. The molecule has 1 aliphatic rings. The molecule has 17 heavy (non-hydrogen) atoms. The van der Waals surface area contributed by atoms with Crippen LogP contribution in [0.3, 0.4) is 0 Å². The molecule has 0 saturated carbocycles. The molecular formula is C13H15N3O. The Bertz CT molecular complexity index is 584. The zero-order chi connectivity index (χ0) is 11.7. The summed E-state index contributed by atoms with van der Waals surface area (Å²) in [5, 5.41) is 3.33. The molecule has 3 heterocycles. The molecule has 1 aliphatic heterocycles. The van der Waals surface area contributed by atoms with Crippen LogP contribution in [0.25, 0.3) is 5.65 Å². The minimum atomic E-state index is 0.0177. The molecule has 1 N–H and O–H groups in total. The van der Waals surface area contributed by atoms with E-state index in [4.69, 9.17) is 0 Å². The molecule has 0 unspecified atom stereocenters. The van der Waals surface area contributed by atoms with Crippen molar-refractivity contribution in [3.05, 3.63) is 46.5 Å². The summed E-state index contributed by atoms with van der Waals surface area (Å²) in [6.07, 6.45) is 3.89. The number of hydrogen-bond acceptors (Lipinski definition) is 3. The zero-order valence-electron chi connectivity index (χ0n) is 9.60. The van der Waals surface area contributed by atoms with Gasteiger partial charge in [0.05, 0.1) is 5.69 Å². The summed E-state index contributed by atoms with van der Waals surface area (Å²) in [6, 6.07) is 7.32. The van der Waals surface area contributed by atoms with Crippen LogP contribution in [0.4, 0.5) is 0 Å². The number of hydrogen-bond donors (Lipinski definition) is 1. The van der Waals surface area contributed by atoms with Crippen LogP contribution in [-0.2, 0) is 0 Å². The number of fused-ring (bicyclic) bond motifs is 1. The normalized spacial score (nSPS) is 17.4. The fraction of sp³-hybridized carbons (Fsp3) is 0.385. The van der Waals surface area contributed by atoms with Crippen LogP contribution in [0.2, 0.25) is 0 Å². The lowest BCUT2D eigenvalue weighted by atomic mass is 9.94. The number of piperidine rings is 1. The van der Waals surface area contributed by atoms with E-state index in [0.29, 0.717) is 5.92 Å². The molecular weight excluding hydrogens is 214 g/mol. The van der Waals surface area contributed by atoms with Gasteiger partial charge in [-0.25, -0.2) is 4.98 Å². The molecule has 88 valence electrons. The lowest BCUT2D eigenvalue weighted by Crippen LogP contribution is -2.28. The van der Waals surface area contributed by atoms with Crippen LogP contribution in [0.15, 0.2) is 35.3 Å². The highest BCUT2D eigenvalue weighted by Crippen LogP contribution is 2.22. The van der Waals surface area contributed by atoms with Crippen molar-refractivity contribution in [1.82, 2.24) is 14.7 Å². The fourth-order valence-electron chi connectivity index (χ4n) is 2.40. The van der Waals surface area contributed by atoms with E-state index in [9.17, 15) is 4.79 Å². The quantitative estimate of drug-likeness (QED) is 0.798. The van der Waals surface area contributed by atoms with E-state index >= 15 is 0 Å². The second-order valence-corrected chi connectivity index (χ2v) is 4.47. The highest BCUT2D eigenvalue weighted by molar-refractivity contribution is 5.38. The van der Waals surface area contributed by atoms with E-state index in [0.717, 1.165) is 37.3 Å². The van der Waals surface area contributed by atoms with Gasteiger partial charge in [-0.05, 0) is 38.1 Å². The van der Waals surface area contributed by atoms with E-state index < -0.39 is 0 Å². The molecule has 0 aromatic carbocycles. The van der Waals surface area contributed by atoms with Crippen molar-refractivity contribution in [3.8, 4) is 0 Å². The summed E-state index contributed by atoms with van der Waals surface area (Å²) >= 11 is 0. The molecule has 0 amide bonds. The summed E-state index contributed by atoms with van der Waals surface area (Å²) in [5.74, 6) is 0.425. The van der Waals surface area contributed by atoms with E-state index in [1.807, 2.05) is 18.2 Å². The summed E-state index contributed by atoms with van der Waals surface area (Å²) < 4.78 is 1.59. The molecule has 0 atom stereocenters. The molecule has 0 aliphatic carbocycles. The standard InChI is InChI=1S/C13H15N3O/c17-13-9-11(10-4-6-14-7-5-10)15-12-3-1-2-8-16(12)13/h1-3,8-10,14H,4-7H2. The van der Waals surface area contributed by atoms with Gasteiger partial charge < -0.3 is 5.32 Å². The average Bonchev–Trinajstić information content (AvgIpc) is 2.40. The Kier molecular flexibility index (Phi) is 2.65. The van der Waals surface area contributed by atoms with Crippen molar-refractivity contribution < 1.29 is 0 Å². The third kappa shape index (κ3) is 1.96. The molecule has 2 aromatic rings. The van der Waals surface area contributed by atoms with Crippen LogP contribution in [0.5, 0.6) is 0 Å². The highest BCUT2D eigenvalue weighted by atomic mass is 16.1. The fourth-order valence-corrected chi connectivity index (χ4v) is 2.40. The third-order valence-electron chi connectivity index (χ3n) is 3.35. The monoisotopic (exact) mass is 229 g/mol. The topological polar surface area (TPSA) is 46.4 Å². The van der Waals surface area contributed by atoms with Crippen LogP contribution in [-0.4, -0.2) is 22.5 Å². The first-order chi connectivity index (χ1) is 8.34. The lowest BCUT2D eigenvalue weighted by Gasteiger charge is -2.22. The third-order valence-corrected chi connectivity index (χ3v) is 3.35. The summed E-state index contributed by atoms with van der Waals surface area (Å²) in [7, 11) is 0. The Morgan fingerprint density at radius 2 is 2.12 bits per heavy atom. The molecule has 0 spiro atoms.